The molecule has 0 aromatic carbocycles. The van der Waals surface area contributed by atoms with Crippen molar-refractivity contribution in [1.82, 2.24) is 0 Å². The van der Waals surface area contributed by atoms with Gasteiger partial charge >= 0.3 is 5.97 Å². The molecule has 13 heavy (non-hydrogen) atoms. The number of hydrogen-bond acceptors (Lipinski definition) is 3. The van der Waals surface area contributed by atoms with Crippen LogP contribution >= 0.6 is 0 Å². The van der Waals surface area contributed by atoms with Crippen molar-refractivity contribution in [3.8, 4) is 0 Å². The van der Waals surface area contributed by atoms with E-state index in [2.05, 4.69) is 6.58 Å². The number of Topliss-reactive ketones (excluding diaryl/α,β-unsaturated/α-hetero) is 2. The third-order valence-corrected chi connectivity index (χ3v) is 1.51. The van der Waals surface area contributed by atoms with Gasteiger partial charge in [-0.1, -0.05) is 6.08 Å². The number of allylic oxidation sites excluding steroid dienone is 1. The van der Waals surface area contributed by atoms with Gasteiger partial charge in [0, 0.05) is 0 Å². The van der Waals surface area contributed by atoms with Gasteiger partial charge in [0.25, 0.3) is 0 Å². The maximum Gasteiger partial charge on any atom is 0.314 e. The van der Waals surface area contributed by atoms with Gasteiger partial charge in [0.2, 0.25) is 0 Å². The zero-order valence-electron chi connectivity index (χ0n) is 7.45. The van der Waals surface area contributed by atoms with E-state index in [1.165, 1.54) is 13.0 Å². The van der Waals surface area contributed by atoms with Gasteiger partial charge in [0.1, 0.15) is 11.7 Å². The van der Waals surface area contributed by atoms with E-state index in [1.54, 1.807) is 0 Å². The van der Waals surface area contributed by atoms with Crippen molar-refractivity contribution in [2.24, 2.45) is 5.92 Å². The van der Waals surface area contributed by atoms with E-state index < -0.39 is 17.7 Å². The zero-order valence-corrected chi connectivity index (χ0v) is 7.45. The average molecular weight is 184 g/mol. The van der Waals surface area contributed by atoms with Crippen LogP contribution < -0.4 is 0 Å². The van der Waals surface area contributed by atoms with Gasteiger partial charge in [0.15, 0.2) is 5.78 Å². The predicted molar refractivity (Wildman–Crippen MR) is 46.2 cm³/mol. The highest BCUT2D eigenvalue weighted by Crippen LogP contribution is 2.08. The number of ketones is 2. The Morgan fingerprint density at radius 1 is 1.46 bits per heavy atom. The molecule has 0 saturated carbocycles. The van der Waals surface area contributed by atoms with Crippen LogP contribution in [0.3, 0.4) is 0 Å². The van der Waals surface area contributed by atoms with E-state index in [-0.39, 0.29) is 18.6 Å². The predicted octanol–water partition coefficient (Wildman–Crippen LogP) is 0.811. The smallest absolute Gasteiger partial charge is 0.314 e. The summed E-state index contributed by atoms with van der Waals surface area (Å²) < 4.78 is 0. The van der Waals surface area contributed by atoms with E-state index in [0.717, 1.165) is 0 Å². The van der Waals surface area contributed by atoms with Gasteiger partial charge in [-0.3, -0.25) is 14.4 Å². The third kappa shape index (κ3) is 4.20. The molecule has 0 heterocycles. The summed E-state index contributed by atoms with van der Waals surface area (Å²) in [6, 6.07) is 0. The number of carboxylic acids is 1. The molecule has 0 aromatic rings. The molecule has 72 valence electrons. The summed E-state index contributed by atoms with van der Waals surface area (Å²) in [4.78, 5) is 32.2. The molecule has 0 bridgehead atoms. The maximum absolute atomic E-state index is 11.1. The SMILES string of the molecule is C=CCC(C(=O)O)C(=O)CC(C)=O. The van der Waals surface area contributed by atoms with Crippen LogP contribution in [0.5, 0.6) is 0 Å². The van der Waals surface area contributed by atoms with E-state index in [9.17, 15) is 14.4 Å². The summed E-state index contributed by atoms with van der Waals surface area (Å²) in [6.07, 6.45) is 1.11. The lowest BCUT2D eigenvalue weighted by molar-refractivity contribution is -0.146. The highest BCUT2D eigenvalue weighted by atomic mass is 16.4. The van der Waals surface area contributed by atoms with E-state index in [1.807, 2.05) is 0 Å². The zero-order chi connectivity index (χ0) is 10.4. The molecule has 0 radical (unpaired) electrons. The van der Waals surface area contributed by atoms with Crippen LogP contribution in [0.2, 0.25) is 0 Å². The number of hydrogen-bond donors (Lipinski definition) is 1. The second-order valence-corrected chi connectivity index (χ2v) is 2.76. The first kappa shape index (κ1) is 11.6. The molecule has 0 aliphatic heterocycles. The molecular formula is C9H12O4. The van der Waals surface area contributed by atoms with Gasteiger partial charge in [-0.2, -0.15) is 0 Å². The van der Waals surface area contributed by atoms with Crippen molar-refractivity contribution in [3.63, 3.8) is 0 Å². The normalized spacial score (nSPS) is 11.8. The molecule has 1 atom stereocenters. The van der Waals surface area contributed by atoms with Crippen LogP contribution in [0.1, 0.15) is 19.8 Å². The van der Waals surface area contributed by atoms with Gasteiger partial charge in [-0.05, 0) is 13.3 Å². The summed E-state index contributed by atoms with van der Waals surface area (Å²) in [5.74, 6) is -3.20. The molecule has 0 aromatic heterocycles. The van der Waals surface area contributed by atoms with Crippen molar-refractivity contribution in [2.45, 2.75) is 19.8 Å². The first-order valence-electron chi connectivity index (χ1n) is 3.85. The topological polar surface area (TPSA) is 71.4 Å². The largest absolute Gasteiger partial charge is 0.481 e. The van der Waals surface area contributed by atoms with Crippen LogP contribution in [0.4, 0.5) is 0 Å². The Kier molecular flexibility index (Phi) is 4.66. The van der Waals surface area contributed by atoms with Crippen LogP contribution in [0, 0.1) is 5.92 Å². The Labute approximate surface area is 76.2 Å². The Hall–Kier alpha value is -1.45. The second-order valence-electron chi connectivity index (χ2n) is 2.76. The molecule has 0 amide bonds. The molecule has 4 heteroatoms. The number of carboxylic acid groups (broad SMARTS) is 1. The Balaban J connectivity index is 4.36. The highest BCUT2D eigenvalue weighted by Gasteiger charge is 2.24. The molecule has 4 nitrogen and oxygen atoms in total. The molecular weight excluding hydrogens is 172 g/mol. The van der Waals surface area contributed by atoms with Crippen molar-refractivity contribution in [3.05, 3.63) is 12.7 Å². The van der Waals surface area contributed by atoms with Gasteiger partial charge < -0.3 is 5.11 Å². The molecule has 0 spiro atoms. The lowest BCUT2D eigenvalue weighted by Crippen LogP contribution is -2.24. The minimum absolute atomic E-state index is 0.0709. The average Bonchev–Trinajstić information content (AvgIpc) is 1.97. The fourth-order valence-corrected chi connectivity index (χ4v) is 0.905. The van der Waals surface area contributed by atoms with E-state index in [0.29, 0.717) is 0 Å². The van der Waals surface area contributed by atoms with Crippen molar-refractivity contribution >= 4 is 17.5 Å². The first-order chi connectivity index (χ1) is 5.99. The number of carbonyl (C=O) groups excluding carboxylic acids is 2. The van der Waals surface area contributed by atoms with Gasteiger partial charge in [0.05, 0.1) is 6.42 Å². The molecule has 0 aliphatic rings. The number of carbonyl (C=O) groups is 3. The summed E-state index contributed by atoms with van der Waals surface area (Å²) >= 11 is 0. The second kappa shape index (κ2) is 5.24. The lowest BCUT2D eigenvalue weighted by atomic mass is 9.97. The molecule has 0 saturated heterocycles. The molecule has 0 aliphatic carbocycles. The summed E-state index contributed by atoms with van der Waals surface area (Å²) in [6.45, 7) is 4.60. The third-order valence-electron chi connectivity index (χ3n) is 1.51. The Bertz CT molecular complexity index is 242. The van der Waals surface area contributed by atoms with Crippen LogP contribution in [0.25, 0.3) is 0 Å². The Morgan fingerprint density at radius 3 is 2.31 bits per heavy atom. The lowest BCUT2D eigenvalue weighted by Gasteiger charge is -2.06. The molecule has 1 unspecified atom stereocenters. The molecule has 0 rings (SSSR count). The van der Waals surface area contributed by atoms with Crippen LogP contribution in [0.15, 0.2) is 12.7 Å². The summed E-state index contributed by atoms with van der Waals surface area (Å²) in [5.41, 5.74) is 0. The molecule has 1 N–H and O–H groups in total. The Morgan fingerprint density at radius 2 is 2.00 bits per heavy atom. The number of aliphatic carboxylic acids is 1. The minimum Gasteiger partial charge on any atom is -0.481 e. The van der Waals surface area contributed by atoms with Gasteiger partial charge in [-0.25, -0.2) is 0 Å². The fourth-order valence-electron chi connectivity index (χ4n) is 0.905. The van der Waals surface area contributed by atoms with E-state index in [4.69, 9.17) is 5.11 Å². The monoisotopic (exact) mass is 184 g/mol. The first-order valence-corrected chi connectivity index (χ1v) is 3.85. The minimum atomic E-state index is -1.20. The van der Waals surface area contributed by atoms with Crippen LogP contribution in [-0.4, -0.2) is 22.6 Å². The number of rotatable bonds is 6. The van der Waals surface area contributed by atoms with Crippen molar-refractivity contribution in [1.29, 1.82) is 0 Å². The summed E-state index contributed by atoms with van der Waals surface area (Å²) in [7, 11) is 0. The van der Waals surface area contributed by atoms with E-state index >= 15 is 0 Å². The van der Waals surface area contributed by atoms with Gasteiger partial charge in [-0.15, -0.1) is 6.58 Å². The fraction of sp³-hybridized carbons (Fsp3) is 0.444. The quantitative estimate of drug-likeness (QED) is 0.489. The van der Waals surface area contributed by atoms with Crippen molar-refractivity contribution in [2.75, 3.05) is 0 Å². The standard InChI is InChI=1S/C9H12O4/c1-3-4-7(9(12)13)8(11)5-6(2)10/h3,7H,1,4-5H2,2H3,(H,12,13). The highest BCUT2D eigenvalue weighted by molar-refractivity contribution is 6.06. The van der Waals surface area contributed by atoms with Crippen LogP contribution in [-0.2, 0) is 14.4 Å². The van der Waals surface area contributed by atoms with Crippen molar-refractivity contribution < 1.29 is 19.5 Å². The summed E-state index contributed by atoms with van der Waals surface area (Å²) in [5, 5.41) is 8.61. The molecule has 0 fully saturated rings. The maximum atomic E-state index is 11.1.